The summed E-state index contributed by atoms with van der Waals surface area (Å²) < 4.78 is 0. The van der Waals surface area contributed by atoms with E-state index in [0.717, 1.165) is 15.4 Å². The first-order valence-corrected chi connectivity index (χ1v) is 8.07. The Morgan fingerprint density at radius 1 is 1.45 bits per heavy atom. The molecule has 0 saturated carbocycles. The molecule has 0 spiro atoms. The quantitative estimate of drug-likeness (QED) is 0.381. The molecule has 1 N–H and O–H groups in total. The van der Waals surface area contributed by atoms with Gasteiger partial charge in [0.1, 0.15) is 0 Å². The molecule has 0 bridgehead atoms. The van der Waals surface area contributed by atoms with E-state index in [1.165, 1.54) is 11.8 Å². The largest absolute Gasteiger partial charge is 0.481 e. The van der Waals surface area contributed by atoms with E-state index in [-0.39, 0.29) is 6.42 Å². The summed E-state index contributed by atoms with van der Waals surface area (Å²) in [6.45, 7) is 5.41. The number of rotatable bonds is 7. The topological polar surface area (TPSA) is 37.3 Å². The number of aryl methyl sites for hydroxylation is 1. The maximum atomic E-state index is 10.7. The van der Waals surface area contributed by atoms with E-state index in [1.54, 1.807) is 18.2 Å². The van der Waals surface area contributed by atoms with Crippen LogP contribution in [0.2, 0.25) is 5.02 Å². The van der Waals surface area contributed by atoms with Gasteiger partial charge in [-0.3, -0.25) is 4.79 Å². The molecule has 1 aromatic carbocycles. The summed E-state index contributed by atoms with van der Waals surface area (Å²) in [4.78, 5) is 12.7. The van der Waals surface area contributed by atoms with Crippen LogP contribution in [0.15, 0.2) is 63.6 Å². The number of carbonyl (C=O) groups is 1. The summed E-state index contributed by atoms with van der Waals surface area (Å²) in [5.41, 5.74) is 3.56. The first-order chi connectivity index (χ1) is 10.4. The number of aliphatic carboxylic acids is 1. The molecule has 0 amide bonds. The number of carboxylic acid groups (broad SMARTS) is 1. The number of thioether (sulfide) groups is 1. The van der Waals surface area contributed by atoms with Crippen molar-refractivity contribution >= 4 is 40.9 Å². The summed E-state index contributed by atoms with van der Waals surface area (Å²) in [5.74, 6) is -0.816. The molecule has 1 rings (SSSR count). The summed E-state index contributed by atoms with van der Waals surface area (Å²) in [7, 11) is 0. The molecule has 22 heavy (non-hydrogen) atoms. The zero-order valence-electron chi connectivity index (χ0n) is 12.1. The van der Waals surface area contributed by atoms with Gasteiger partial charge in [0, 0.05) is 21.4 Å². The molecule has 0 radical (unpaired) electrons. The molecule has 2 nitrogen and oxygen atoms in total. The second-order valence-electron chi connectivity index (χ2n) is 4.43. The van der Waals surface area contributed by atoms with E-state index in [4.69, 9.17) is 28.3 Å². The highest BCUT2D eigenvalue weighted by atomic mass is 35.5. The summed E-state index contributed by atoms with van der Waals surface area (Å²) in [6.07, 6.45) is 5.77. The van der Waals surface area contributed by atoms with Gasteiger partial charge < -0.3 is 5.11 Å². The number of allylic oxidation sites excluding steroid dienone is 5. The molecule has 0 aliphatic rings. The minimum Gasteiger partial charge on any atom is -0.481 e. The molecular formula is C17H16Cl2O2S. The highest BCUT2D eigenvalue weighted by molar-refractivity contribution is 8.03. The summed E-state index contributed by atoms with van der Waals surface area (Å²) >= 11 is 13.5. The van der Waals surface area contributed by atoms with Gasteiger partial charge in [-0.15, -0.1) is 5.73 Å². The Balaban J connectivity index is 2.93. The van der Waals surface area contributed by atoms with Crippen LogP contribution in [0, 0.1) is 0 Å². The molecule has 1 aromatic rings. The Morgan fingerprint density at radius 2 is 2.18 bits per heavy atom. The summed E-state index contributed by atoms with van der Waals surface area (Å²) in [5, 5.41) is 9.97. The minimum atomic E-state index is -0.816. The third kappa shape index (κ3) is 7.06. The molecule has 0 atom stereocenters. The maximum Gasteiger partial charge on any atom is 0.303 e. The first kappa shape index (κ1) is 18.7. The van der Waals surface area contributed by atoms with Crippen molar-refractivity contribution < 1.29 is 9.90 Å². The van der Waals surface area contributed by atoms with E-state index in [2.05, 4.69) is 12.3 Å². The zero-order valence-corrected chi connectivity index (χ0v) is 14.4. The van der Waals surface area contributed by atoms with Gasteiger partial charge in [-0.25, -0.2) is 0 Å². The van der Waals surface area contributed by atoms with Gasteiger partial charge in [-0.05, 0) is 48.1 Å². The van der Waals surface area contributed by atoms with Crippen LogP contribution in [0.25, 0.3) is 0 Å². The smallest absolute Gasteiger partial charge is 0.303 e. The van der Waals surface area contributed by atoms with E-state index in [0.29, 0.717) is 16.5 Å². The lowest BCUT2D eigenvalue weighted by Gasteiger charge is -2.09. The first-order valence-electron chi connectivity index (χ1n) is 6.50. The molecule has 0 saturated heterocycles. The fourth-order valence-corrected chi connectivity index (χ4v) is 2.97. The maximum absolute atomic E-state index is 10.7. The molecular weight excluding hydrogens is 339 g/mol. The van der Waals surface area contributed by atoms with Crippen LogP contribution in [-0.4, -0.2) is 11.1 Å². The van der Waals surface area contributed by atoms with Crippen molar-refractivity contribution in [2.75, 3.05) is 0 Å². The normalized spacial score (nSPS) is 12.0. The number of carboxylic acids is 1. The third-order valence-electron chi connectivity index (χ3n) is 2.63. The Kier molecular flexibility index (Phi) is 8.15. The number of hydrogen-bond acceptors (Lipinski definition) is 2. The SMILES string of the molecule is C=C=C/C(Cl)=C\C=C(/C)Sc1cc(Cl)ccc1CCC(=O)O. The Labute approximate surface area is 144 Å². The molecule has 0 aliphatic carbocycles. The van der Waals surface area contributed by atoms with Crippen molar-refractivity contribution in [1.82, 2.24) is 0 Å². The van der Waals surface area contributed by atoms with Gasteiger partial charge in [0.2, 0.25) is 0 Å². The fraction of sp³-hybridized carbons (Fsp3) is 0.176. The van der Waals surface area contributed by atoms with Crippen molar-refractivity contribution in [2.45, 2.75) is 24.7 Å². The van der Waals surface area contributed by atoms with Gasteiger partial charge in [-0.1, -0.05) is 53.7 Å². The van der Waals surface area contributed by atoms with Gasteiger partial charge in [0.05, 0.1) is 0 Å². The predicted octanol–water partition coefficient (Wildman–Crippen LogP) is 5.82. The van der Waals surface area contributed by atoms with Gasteiger partial charge in [0.25, 0.3) is 0 Å². The van der Waals surface area contributed by atoms with Crippen molar-refractivity contribution in [3.05, 3.63) is 69.3 Å². The standard InChI is InChI=1S/C17H16Cl2O2S/c1-3-4-14(18)8-5-12(2)22-16-11-15(19)9-6-13(16)7-10-17(20)21/h4-6,8-9,11H,1,7,10H2,2H3,(H,20,21)/b12-5+,14-8+. The lowest BCUT2D eigenvalue weighted by molar-refractivity contribution is -0.136. The predicted molar refractivity (Wildman–Crippen MR) is 94.7 cm³/mol. The van der Waals surface area contributed by atoms with Crippen LogP contribution >= 0.6 is 35.0 Å². The molecule has 0 aliphatic heterocycles. The van der Waals surface area contributed by atoms with Crippen LogP contribution in [0.4, 0.5) is 0 Å². The van der Waals surface area contributed by atoms with Crippen LogP contribution in [-0.2, 0) is 11.2 Å². The molecule has 116 valence electrons. The van der Waals surface area contributed by atoms with Crippen LogP contribution in [0.1, 0.15) is 18.9 Å². The van der Waals surface area contributed by atoms with Crippen LogP contribution in [0.5, 0.6) is 0 Å². The van der Waals surface area contributed by atoms with Crippen molar-refractivity contribution in [1.29, 1.82) is 0 Å². The van der Waals surface area contributed by atoms with E-state index in [9.17, 15) is 4.79 Å². The lowest BCUT2D eigenvalue weighted by Crippen LogP contribution is -1.98. The molecule has 0 unspecified atom stereocenters. The van der Waals surface area contributed by atoms with Gasteiger partial charge in [0.15, 0.2) is 0 Å². The number of benzene rings is 1. The average Bonchev–Trinajstić information content (AvgIpc) is 2.44. The third-order valence-corrected chi connectivity index (χ3v) is 4.15. The Bertz CT molecular complexity index is 657. The molecule has 0 fully saturated rings. The highest BCUT2D eigenvalue weighted by Gasteiger charge is 2.07. The van der Waals surface area contributed by atoms with Crippen molar-refractivity contribution in [2.24, 2.45) is 0 Å². The average molecular weight is 355 g/mol. The Morgan fingerprint density at radius 3 is 2.82 bits per heavy atom. The molecule has 5 heteroatoms. The van der Waals surface area contributed by atoms with Gasteiger partial charge >= 0.3 is 5.97 Å². The lowest BCUT2D eigenvalue weighted by atomic mass is 10.1. The fourth-order valence-electron chi connectivity index (χ4n) is 1.62. The highest BCUT2D eigenvalue weighted by Crippen LogP contribution is 2.32. The second kappa shape index (κ2) is 9.60. The zero-order chi connectivity index (χ0) is 16.5. The van der Waals surface area contributed by atoms with Crippen LogP contribution < -0.4 is 0 Å². The molecule has 0 heterocycles. The monoisotopic (exact) mass is 354 g/mol. The Hall–Kier alpha value is -1.38. The van der Waals surface area contributed by atoms with Crippen LogP contribution in [0.3, 0.4) is 0 Å². The number of halogens is 2. The summed E-state index contributed by atoms with van der Waals surface area (Å²) in [6, 6.07) is 5.48. The van der Waals surface area contributed by atoms with Crippen molar-refractivity contribution in [3.8, 4) is 0 Å². The van der Waals surface area contributed by atoms with Crippen molar-refractivity contribution in [3.63, 3.8) is 0 Å². The minimum absolute atomic E-state index is 0.0911. The number of hydrogen-bond donors (Lipinski definition) is 1. The van der Waals surface area contributed by atoms with E-state index in [1.807, 2.05) is 25.1 Å². The van der Waals surface area contributed by atoms with Gasteiger partial charge in [-0.2, -0.15) is 0 Å². The molecule has 0 aromatic heterocycles. The second-order valence-corrected chi connectivity index (χ2v) is 6.59. The van der Waals surface area contributed by atoms with E-state index < -0.39 is 5.97 Å². The van der Waals surface area contributed by atoms with E-state index >= 15 is 0 Å².